The van der Waals surface area contributed by atoms with Gasteiger partial charge in [-0.2, -0.15) is 0 Å². The first kappa shape index (κ1) is 14.2. The van der Waals surface area contributed by atoms with E-state index in [4.69, 9.17) is 22.1 Å². The van der Waals surface area contributed by atoms with Gasteiger partial charge in [0.15, 0.2) is 5.83 Å². The molecule has 18 heavy (non-hydrogen) atoms. The number of halogens is 3. The molecule has 0 atom stereocenters. The highest BCUT2D eigenvalue weighted by molar-refractivity contribution is 6.30. The molecule has 0 fully saturated rings. The van der Waals surface area contributed by atoms with Gasteiger partial charge in [-0.15, -0.1) is 0 Å². The molecule has 0 heterocycles. The molecule has 0 unspecified atom stereocenters. The Bertz CT molecular complexity index is 527. The third-order valence-electron chi connectivity index (χ3n) is 2.02. The van der Waals surface area contributed by atoms with E-state index in [2.05, 4.69) is 11.6 Å². The topological polar surface area (TPSA) is 47.6 Å². The Morgan fingerprint density at radius 2 is 2.22 bits per heavy atom. The van der Waals surface area contributed by atoms with Crippen molar-refractivity contribution < 1.29 is 13.5 Å². The summed E-state index contributed by atoms with van der Waals surface area (Å²) in [7, 11) is 1.33. The van der Waals surface area contributed by atoms with Crippen molar-refractivity contribution in [1.29, 1.82) is 0 Å². The van der Waals surface area contributed by atoms with Gasteiger partial charge in [-0.1, -0.05) is 18.2 Å². The molecule has 96 valence electrons. The van der Waals surface area contributed by atoms with Crippen LogP contribution in [0.2, 0.25) is 0 Å². The van der Waals surface area contributed by atoms with Gasteiger partial charge in [-0.05, 0) is 12.1 Å². The average Bonchev–Trinajstić information content (AvgIpc) is 2.35. The Morgan fingerprint density at radius 3 is 2.72 bits per heavy atom. The summed E-state index contributed by atoms with van der Waals surface area (Å²) in [6, 6.07) is 3.57. The summed E-state index contributed by atoms with van der Waals surface area (Å²) in [5, 5.41) is -0.131. The number of methoxy groups -OCH3 is 1. The van der Waals surface area contributed by atoms with E-state index in [1.165, 1.54) is 13.2 Å². The Kier molecular flexibility index (Phi) is 4.85. The lowest BCUT2D eigenvalue weighted by Gasteiger charge is -2.09. The van der Waals surface area contributed by atoms with E-state index < -0.39 is 11.6 Å². The monoisotopic (exact) mass is 272 g/mol. The van der Waals surface area contributed by atoms with E-state index in [1.807, 2.05) is 0 Å². The van der Waals surface area contributed by atoms with Crippen molar-refractivity contribution in [2.75, 3.05) is 7.11 Å². The van der Waals surface area contributed by atoms with Crippen molar-refractivity contribution >= 4 is 17.3 Å². The van der Waals surface area contributed by atoms with E-state index in [0.29, 0.717) is 0 Å². The fourth-order valence-corrected chi connectivity index (χ4v) is 1.39. The zero-order valence-electron chi connectivity index (χ0n) is 9.58. The number of aliphatic imine (C=N–C) groups is 1. The third kappa shape index (κ3) is 3.30. The molecule has 6 heteroatoms. The predicted molar refractivity (Wildman–Crippen MR) is 67.9 cm³/mol. The molecule has 0 radical (unpaired) electrons. The van der Waals surface area contributed by atoms with E-state index in [9.17, 15) is 8.78 Å². The Balaban J connectivity index is 3.43. The number of nitrogens with zero attached hydrogens (tertiary/aromatic N) is 1. The van der Waals surface area contributed by atoms with Crippen molar-refractivity contribution in [2.45, 2.75) is 0 Å². The second-order valence-electron chi connectivity index (χ2n) is 3.20. The summed E-state index contributed by atoms with van der Waals surface area (Å²) >= 11 is 5.52. The molecular formula is C12H11ClF2N2O. The lowest BCUT2D eigenvalue weighted by molar-refractivity contribution is 0.410. The molecule has 0 saturated carbocycles. The third-order valence-corrected chi connectivity index (χ3v) is 2.11. The van der Waals surface area contributed by atoms with Crippen LogP contribution in [0.4, 0.5) is 8.78 Å². The number of benzene rings is 1. The lowest BCUT2D eigenvalue weighted by atomic mass is 10.1. The molecule has 1 rings (SSSR count). The van der Waals surface area contributed by atoms with E-state index in [-0.39, 0.29) is 22.2 Å². The summed E-state index contributed by atoms with van der Waals surface area (Å²) < 4.78 is 31.6. The van der Waals surface area contributed by atoms with Crippen LogP contribution in [-0.2, 0) is 0 Å². The second kappa shape index (κ2) is 6.16. The predicted octanol–water partition coefficient (Wildman–Crippen LogP) is 3.10. The normalized spacial score (nSPS) is 12.4. The molecule has 1 aromatic rings. The molecule has 0 spiro atoms. The molecular weight excluding hydrogens is 262 g/mol. The summed E-state index contributed by atoms with van der Waals surface area (Å²) in [5.41, 5.74) is 5.15. The first-order chi connectivity index (χ1) is 8.49. The Hall–Kier alpha value is -1.88. The zero-order valence-corrected chi connectivity index (χ0v) is 10.3. The van der Waals surface area contributed by atoms with Gasteiger partial charge in [0.1, 0.15) is 22.4 Å². The van der Waals surface area contributed by atoms with E-state index in [1.54, 1.807) is 0 Å². The molecule has 0 bridgehead atoms. The number of hydrogen-bond acceptors (Lipinski definition) is 3. The van der Waals surface area contributed by atoms with Gasteiger partial charge in [0, 0.05) is 17.8 Å². The van der Waals surface area contributed by atoms with Crippen LogP contribution in [0.25, 0.3) is 0 Å². The molecule has 1 aromatic carbocycles. The van der Waals surface area contributed by atoms with Gasteiger partial charge in [-0.3, -0.25) is 0 Å². The molecule has 0 aliphatic carbocycles. The van der Waals surface area contributed by atoms with Gasteiger partial charge in [0.2, 0.25) is 0 Å². The smallest absolute Gasteiger partial charge is 0.164 e. The fraction of sp³-hybridized carbons (Fsp3) is 0.0833. The van der Waals surface area contributed by atoms with Crippen molar-refractivity contribution in [3.05, 3.63) is 53.3 Å². The average molecular weight is 273 g/mol. The van der Waals surface area contributed by atoms with E-state index >= 15 is 0 Å². The minimum atomic E-state index is -0.818. The highest BCUT2D eigenvalue weighted by Crippen LogP contribution is 2.24. The number of hydrogen-bond donors (Lipinski definition) is 1. The van der Waals surface area contributed by atoms with Gasteiger partial charge in [-0.25, -0.2) is 13.8 Å². The summed E-state index contributed by atoms with van der Waals surface area (Å²) in [4.78, 5) is 3.72. The van der Waals surface area contributed by atoms with Crippen LogP contribution in [0.15, 0.2) is 47.0 Å². The largest absolute Gasteiger partial charge is 0.496 e. The van der Waals surface area contributed by atoms with Crippen LogP contribution >= 0.6 is 11.6 Å². The number of nitrogens with two attached hydrogens (primary N) is 1. The van der Waals surface area contributed by atoms with Gasteiger partial charge in [0.05, 0.1) is 7.11 Å². The molecule has 2 N–H and O–H groups in total. The standard InChI is InChI=1S/C12H11ClF2N2O/c1-7(13)17-12(10(15)6-16)9-4-3-8(14)5-11(9)18-2/h3-6H,1,16H2,2H3/b10-6+,17-12-. The minimum Gasteiger partial charge on any atom is -0.496 e. The maximum Gasteiger partial charge on any atom is 0.164 e. The molecule has 0 aliphatic heterocycles. The summed E-state index contributed by atoms with van der Waals surface area (Å²) in [5.74, 6) is -1.22. The Labute approximate surface area is 108 Å². The van der Waals surface area contributed by atoms with Crippen LogP contribution in [-0.4, -0.2) is 12.8 Å². The van der Waals surface area contributed by atoms with Crippen LogP contribution in [0, 0.1) is 5.82 Å². The van der Waals surface area contributed by atoms with Crippen molar-refractivity contribution in [1.82, 2.24) is 0 Å². The zero-order chi connectivity index (χ0) is 13.7. The van der Waals surface area contributed by atoms with Crippen molar-refractivity contribution in [2.24, 2.45) is 10.7 Å². The molecule has 3 nitrogen and oxygen atoms in total. The Morgan fingerprint density at radius 1 is 1.56 bits per heavy atom. The first-order valence-corrected chi connectivity index (χ1v) is 5.22. The highest BCUT2D eigenvalue weighted by Gasteiger charge is 2.15. The van der Waals surface area contributed by atoms with Gasteiger partial charge >= 0.3 is 0 Å². The van der Waals surface area contributed by atoms with Crippen molar-refractivity contribution in [3.8, 4) is 5.75 Å². The first-order valence-electron chi connectivity index (χ1n) is 4.84. The SMILES string of the molecule is C=C(Cl)/N=C(\C(F)=C/N)c1ccc(F)cc1OC. The van der Waals surface area contributed by atoms with Crippen molar-refractivity contribution in [3.63, 3.8) is 0 Å². The fourth-order valence-electron chi connectivity index (χ4n) is 1.30. The molecule has 0 aromatic heterocycles. The number of ether oxygens (including phenoxy) is 1. The minimum absolute atomic E-state index is 0.115. The lowest BCUT2D eigenvalue weighted by Crippen LogP contribution is -2.06. The maximum atomic E-state index is 13.6. The number of allylic oxidation sites excluding steroid dienone is 1. The number of rotatable bonds is 4. The summed E-state index contributed by atoms with van der Waals surface area (Å²) in [6.45, 7) is 3.34. The second-order valence-corrected chi connectivity index (χ2v) is 3.63. The molecule has 0 amide bonds. The molecule has 0 saturated heterocycles. The van der Waals surface area contributed by atoms with E-state index in [0.717, 1.165) is 18.3 Å². The highest BCUT2D eigenvalue weighted by atomic mass is 35.5. The quantitative estimate of drug-likeness (QED) is 0.676. The van der Waals surface area contributed by atoms with Gasteiger partial charge < -0.3 is 10.5 Å². The van der Waals surface area contributed by atoms with Crippen LogP contribution in [0.1, 0.15) is 5.56 Å². The summed E-state index contributed by atoms with van der Waals surface area (Å²) in [6.07, 6.45) is 0.724. The maximum absolute atomic E-state index is 13.6. The van der Waals surface area contributed by atoms with Crippen LogP contribution < -0.4 is 10.5 Å². The van der Waals surface area contributed by atoms with Crippen LogP contribution in [0.3, 0.4) is 0 Å². The van der Waals surface area contributed by atoms with Gasteiger partial charge in [0.25, 0.3) is 0 Å². The molecule has 0 aliphatic rings. The van der Waals surface area contributed by atoms with Crippen LogP contribution in [0.5, 0.6) is 5.75 Å².